The van der Waals surface area contributed by atoms with E-state index in [0.717, 1.165) is 16.5 Å². The largest absolute Gasteiger partial charge is 0.259 e. The summed E-state index contributed by atoms with van der Waals surface area (Å²) in [6.07, 6.45) is 0. The lowest BCUT2D eigenvalue weighted by molar-refractivity contribution is 0.527. The summed E-state index contributed by atoms with van der Waals surface area (Å²) in [6.45, 7) is 2.82. The molecule has 0 aliphatic heterocycles. The normalized spacial score (nSPS) is 10.7. The standard InChI is InChI=1S/C8H11ClN2S/c1-2-11(10)12-8-5-3-7(9)4-6-8/h3-6H,2,10H2,1H3. The van der Waals surface area contributed by atoms with Gasteiger partial charge in [-0.2, -0.15) is 4.41 Å². The molecular formula is C8H11ClN2S. The highest BCUT2D eigenvalue weighted by atomic mass is 35.5. The zero-order valence-electron chi connectivity index (χ0n) is 6.83. The lowest BCUT2D eigenvalue weighted by Crippen LogP contribution is -2.22. The Hall–Kier alpha value is -0.220. The Morgan fingerprint density at radius 2 is 2.00 bits per heavy atom. The van der Waals surface area contributed by atoms with Crippen molar-refractivity contribution in [3.8, 4) is 0 Å². The summed E-state index contributed by atoms with van der Waals surface area (Å²) in [5.74, 6) is 5.61. The molecule has 0 aromatic heterocycles. The Kier molecular flexibility index (Phi) is 3.88. The van der Waals surface area contributed by atoms with E-state index < -0.39 is 0 Å². The molecule has 0 unspecified atom stereocenters. The van der Waals surface area contributed by atoms with E-state index in [1.165, 1.54) is 11.9 Å². The fraction of sp³-hybridized carbons (Fsp3) is 0.250. The zero-order chi connectivity index (χ0) is 8.97. The fourth-order valence-corrected chi connectivity index (χ4v) is 1.48. The van der Waals surface area contributed by atoms with Crippen LogP contribution in [-0.2, 0) is 0 Å². The average molecular weight is 203 g/mol. The number of hydrogen-bond donors (Lipinski definition) is 1. The van der Waals surface area contributed by atoms with E-state index >= 15 is 0 Å². The number of benzene rings is 1. The fourth-order valence-electron chi connectivity index (χ4n) is 0.695. The Labute approximate surface area is 81.8 Å². The predicted octanol–water partition coefficient (Wildman–Crippen LogP) is 2.54. The van der Waals surface area contributed by atoms with E-state index in [4.69, 9.17) is 17.4 Å². The molecular weight excluding hydrogens is 192 g/mol. The molecule has 66 valence electrons. The first-order valence-corrected chi connectivity index (χ1v) is 4.83. The molecule has 0 fully saturated rings. The molecule has 0 saturated carbocycles. The van der Waals surface area contributed by atoms with Crippen molar-refractivity contribution in [2.24, 2.45) is 5.84 Å². The summed E-state index contributed by atoms with van der Waals surface area (Å²) in [7, 11) is 0. The molecule has 0 heterocycles. The summed E-state index contributed by atoms with van der Waals surface area (Å²) in [5, 5.41) is 0.749. The van der Waals surface area contributed by atoms with Crippen LogP contribution in [0.1, 0.15) is 6.92 Å². The van der Waals surface area contributed by atoms with E-state index in [0.29, 0.717) is 0 Å². The number of hydrazine groups is 1. The van der Waals surface area contributed by atoms with Gasteiger partial charge in [-0.1, -0.05) is 18.5 Å². The first-order valence-electron chi connectivity index (χ1n) is 3.68. The molecule has 12 heavy (non-hydrogen) atoms. The molecule has 0 saturated heterocycles. The summed E-state index contributed by atoms with van der Waals surface area (Å²) in [5.41, 5.74) is 0. The van der Waals surface area contributed by atoms with Gasteiger partial charge in [0.15, 0.2) is 0 Å². The average Bonchev–Trinajstić information content (AvgIpc) is 2.09. The van der Waals surface area contributed by atoms with Crippen molar-refractivity contribution in [2.45, 2.75) is 11.8 Å². The third-order valence-corrected chi connectivity index (χ3v) is 2.58. The van der Waals surface area contributed by atoms with E-state index in [1.54, 1.807) is 4.41 Å². The monoisotopic (exact) mass is 202 g/mol. The second kappa shape index (κ2) is 4.72. The topological polar surface area (TPSA) is 29.3 Å². The first-order chi connectivity index (χ1) is 5.72. The second-order valence-electron chi connectivity index (χ2n) is 2.28. The lowest BCUT2D eigenvalue weighted by Gasteiger charge is -2.11. The second-order valence-corrected chi connectivity index (χ2v) is 3.84. The minimum Gasteiger partial charge on any atom is -0.259 e. The molecule has 0 atom stereocenters. The third-order valence-electron chi connectivity index (χ3n) is 1.35. The van der Waals surface area contributed by atoms with Crippen molar-refractivity contribution in [2.75, 3.05) is 6.54 Å². The van der Waals surface area contributed by atoms with E-state index in [2.05, 4.69) is 0 Å². The van der Waals surface area contributed by atoms with Gasteiger partial charge in [0.25, 0.3) is 0 Å². The third kappa shape index (κ3) is 3.03. The van der Waals surface area contributed by atoms with Gasteiger partial charge in [0.1, 0.15) is 0 Å². The molecule has 0 aliphatic rings. The summed E-state index contributed by atoms with van der Waals surface area (Å²) >= 11 is 7.23. The Morgan fingerprint density at radius 1 is 1.42 bits per heavy atom. The van der Waals surface area contributed by atoms with Crippen LogP contribution in [0, 0.1) is 0 Å². The maximum atomic E-state index is 5.73. The van der Waals surface area contributed by atoms with Gasteiger partial charge in [-0.25, -0.2) is 0 Å². The van der Waals surface area contributed by atoms with Crippen LogP contribution in [0.5, 0.6) is 0 Å². The summed E-state index contributed by atoms with van der Waals surface area (Å²) < 4.78 is 1.67. The smallest absolute Gasteiger partial charge is 0.0406 e. The molecule has 1 aromatic carbocycles. The van der Waals surface area contributed by atoms with Gasteiger partial charge < -0.3 is 0 Å². The maximum Gasteiger partial charge on any atom is 0.0406 e. The molecule has 2 nitrogen and oxygen atoms in total. The maximum absolute atomic E-state index is 5.73. The number of rotatable bonds is 3. The van der Waals surface area contributed by atoms with Gasteiger partial charge in [-0.15, -0.1) is 0 Å². The van der Waals surface area contributed by atoms with Gasteiger partial charge in [0.05, 0.1) is 0 Å². The molecule has 0 aliphatic carbocycles. The van der Waals surface area contributed by atoms with Crippen LogP contribution in [0.4, 0.5) is 0 Å². The minimum atomic E-state index is 0.749. The molecule has 0 radical (unpaired) electrons. The molecule has 4 heteroatoms. The van der Waals surface area contributed by atoms with Gasteiger partial charge in [0, 0.05) is 16.5 Å². The lowest BCUT2D eigenvalue weighted by atomic mass is 10.4. The molecule has 2 N–H and O–H groups in total. The minimum absolute atomic E-state index is 0.749. The molecule has 1 rings (SSSR count). The van der Waals surface area contributed by atoms with Crippen LogP contribution in [-0.4, -0.2) is 11.0 Å². The van der Waals surface area contributed by atoms with Crippen LogP contribution < -0.4 is 5.84 Å². The summed E-state index contributed by atoms with van der Waals surface area (Å²) in [4.78, 5) is 1.10. The van der Waals surface area contributed by atoms with Crippen LogP contribution >= 0.6 is 23.5 Å². The first kappa shape index (κ1) is 9.86. The SMILES string of the molecule is CCN(N)Sc1ccc(Cl)cc1. The number of halogens is 1. The predicted molar refractivity (Wildman–Crippen MR) is 53.9 cm³/mol. The van der Waals surface area contributed by atoms with Crippen molar-refractivity contribution in [3.05, 3.63) is 29.3 Å². The van der Waals surface area contributed by atoms with Crippen LogP contribution in [0.2, 0.25) is 5.02 Å². The van der Waals surface area contributed by atoms with Crippen molar-refractivity contribution < 1.29 is 0 Å². The highest BCUT2D eigenvalue weighted by Crippen LogP contribution is 2.21. The van der Waals surface area contributed by atoms with E-state index in [1.807, 2.05) is 31.2 Å². The van der Waals surface area contributed by atoms with Gasteiger partial charge >= 0.3 is 0 Å². The van der Waals surface area contributed by atoms with Crippen molar-refractivity contribution >= 4 is 23.5 Å². The van der Waals surface area contributed by atoms with E-state index in [9.17, 15) is 0 Å². The molecule has 0 bridgehead atoms. The van der Waals surface area contributed by atoms with Gasteiger partial charge in [-0.3, -0.25) is 5.84 Å². The Balaban J connectivity index is 2.58. The molecule has 1 aromatic rings. The highest BCUT2D eigenvalue weighted by Gasteiger charge is 1.97. The molecule has 0 spiro atoms. The van der Waals surface area contributed by atoms with Gasteiger partial charge in [0.2, 0.25) is 0 Å². The molecule has 0 amide bonds. The quantitative estimate of drug-likeness (QED) is 0.464. The van der Waals surface area contributed by atoms with Crippen molar-refractivity contribution in [1.82, 2.24) is 4.41 Å². The number of nitrogens with two attached hydrogens (primary N) is 1. The van der Waals surface area contributed by atoms with Crippen molar-refractivity contribution in [1.29, 1.82) is 0 Å². The Bertz CT molecular complexity index is 237. The summed E-state index contributed by atoms with van der Waals surface area (Å²) in [6, 6.07) is 7.60. The van der Waals surface area contributed by atoms with Crippen LogP contribution in [0.15, 0.2) is 29.2 Å². The van der Waals surface area contributed by atoms with Crippen molar-refractivity contribution in [3.63, 3.8) is 0 Å². The highest BCUT2D eigenvalue weighted by molar-refractivity contribution is 7.97. The van der Waals surface area contributed by atoms with E-state index in [-0.39, 0.29) is 0 Å². The number of hydrogen-bond acceptors (Lipinski definition) is 3. The zero-order valence-corrected chi connectivity index (χ0v) is 8.40. The van der Waals surface area contributed by atoms with Crippen LogP contribution in [0.3, 0.4) is 0 Å². The Morgan fingerprint density at radius 3 is 2.50 bits per heavy atom. The van der Waals surface area contributed by atoms with Gasteiger partial charge in [-0.05, 0) is 36.2 Å². The van der Waals surface area contributed by atoms with Crippen LogP contribution in [0.25, 0.3) is 0 Å². The number of nitrogens with zero attached hydrogens (tertiary/aromatic N) is 1.